The minimum atomic E-state index is -0.133. The number of imidazole rings is 1. The van der Waals surface area contributed by atoms with Crippen LogP contribution in [0.1, 0.15) is 18.4 Å². The molecule has 1 fully saturated rings. The first-order valence-electron chi connectivity index (χ1n) is 11.1. The van der Waals surface area contributed by atoms with Crippen molar-refractivity contribution >= 4 is 45.8 Å². The Morgan fingerprint density at radius 1 is 1.21 bits per heavy atom. The highest BCUT2D eigenvalue weighted by atomic mass is 35.5. The van der Waals surface area contributed by atoms with Crippen molar-refractivity contribution in [2.24, 2.45) is 20.0 Å². The second-order valence-electron chi connectivity index (χ2n) is 8.93. The summed E-state index contributed by atoms with van der Waals surface area (Å²) in [6.07, 6.45) is 7.61. The Balaban J connectivity index is 1.65. The third-order valence-electron chi connectivity index (χ3n) is 6.54. The van der Waals surface area contributed by atoms with Gasteiger partial charge >= 0.3 is 5.69 Å². The highest BCUT2D eigenvalue weighted by Crippen LogP contribution is 2.34. The number of rotatable bonds is 5. The lowest BCUT2D eigenvalue weighted by Crippen LogP contribution is -2.30. The van der Waals surface area contributed by atoms with Crippen molar-refractivity contribution in [3.8, 4) is 11.4 Å². The van der Waals surface area contributed by atoms with E-state index >= 15 is 0 Å². The predicted molar refractivity (Wildman–Crippen MR) is 135 cm³/mol. The molecule has 1 saturated carbocycles. The smallest absolute Gasteiger partial charge is 0.330 e. The molecule has 34 heavy (non-hydrogen) atoms. The number of hydrogen-bond acceptors (Lipinski definition) is 5. The molecule has 1 aliphatic rings. The van der Waals surface area contributed by atoms with Crippen LogP contribution in [0, 0.1) is 10.6 Å². The van der Waals surface area contributed by atoms with E-state index in [1.54, 1.807) is 34.9 Å². The van der Waals surface area contributed by atoms with E-state index in [1.165, 1.54) is 0 Å². The summed E-state index contributed by atoms with van der Waals surface area (Å²) in [4.78, 5) is 22.0. The summed E-state index contributed by atoms with van der Waals surface area (Å²) in [6, 6.07) is 7.65. The summed E-state index contributed by atoms with van der Waals surface area (Å²) in [5, 5.41) is 7.39. The number of benzene rings is 1. The van der Waals surface area contributed by atoms with Crippen LogP contribution >= 0.6 is 23.8 Å². The van der Waals surface area contributed by atoms with Crippen molar-refractivity contribution in [3.63, 3.8) is 0 Å². The molecule has 4 aromatic heterocycles. The predicted octanol–water partition coefficient (Wildman–Crippen LogP) is 4.33. The molecule has 0 atom stereocenters. The molecule has 0 bridgehead atoms. The van der Waals surface area contributed by atoms with Gasteiger partial charge in [0.15, 0.2) is 5.65 Å². The van der Waals surface area contributed by atoms with Gasteiger partial charge in [0, 0.05) is 37.2 Å². The van der Waals surface area contributed by atoms with Gasteiger partial charge in [0.25, 0.3) is 0 Å². The zero-order chi connectivity index (χ0) is 23.6. The standard InChI is InChI=1S/C24H22ClN7OS/c1-29-13-26-10-19(29)21-20-22(31(11-14-3-4-14)24(33)30(2)23(20)34)28-32(21)12-15-7-8-27-18-6-5-16(25)9-17(15)18/h5-10,13-14H,3-4,11-12H2,1-2H3. The Morgan fingerprint density at radius 2 is 2.03 bits per heavy atom. The SMILES string of the molecule is Cn1cncc1-c1c2c(=S)n(C)c(=O)n(CC3CC3)c2nn1Cc1ccnc2ccc(Cl)cc12. The molecule has 172 valence electrons. The third kappa shape index (κ3) is 3.38. The fraction of sp³-hybridized carbons (Fsp3) is 0.292. The first kappa shape index (κ1) is 21.2. The Morgan fingerprint density at radius 3 is 2.76 bits per heavy atom. The van der Waals surface area contributed by atoms with Gasteiger partial charge in [-0.2, -0.15) is 5.10 Å². The Hall–Kier alpha value is -3.30. The Kier molecular flexibility index (Phi) is 4.93. The van der Waals surface area contributed by atoms with Crippen molar-refractivity contribution in [2.45, 2.75) is 25.9 Å². The summed E-state index contributed by atoms with van der Waals surface area (Å²) in [5.41, 5.74) is 4.09. The number of nitrogens with zero attached hydrogens (tertiary/aromatic N) is 7. The van der Waals surface area contributed by atoms with E-state index in [1.807, 2.05) is 40.6 Å². The van der Waals surface area contributed by atoms with Crippen LogP contribution in [0.2, 0.25) is 5.02 Å². The van der Waals surface area contributed by atoms with Crippen LogP contribution in [0.25, 0.3) is 33.3 Å². The van der Waals surface area contributed by atoms with Crippen molar-refractivity contribution in [1.29, 1.82) is 0 Å². The van der Waals surface area contributed by atoms with Gasteiger partial charge in [-0.3, -0.25) is 18.8 Å². The monoisotopic (exact) mass is 491 g/mol. The Labute approximate surface area is 205 Å². The van der Waals surface area contributed by atoms with Gasteiger partial charge in [-0.05, 0) is 48.6 Å². The number of hydrogen-bond donors (Lipinski definition) is 0. The molecule has 6 rings (SSSR count). The zero-order valence-corrected chi connectivity index (χ0v) is 20.3. The van der Waals surface area contributed by atoms with E-state index in [0.29, 0.717) is 34.3 Å². The van der Waals surface area contributed by atoms with Crippen LogP contribution in [0.15, 0.2) is 47.8 Å². The normalized spacial score (nSPS) is 13.9. The number of halogens is 1. The second kappa shape index (κ2) is 7.89. The van der Waals surface area contributed by atoms with Crippen molar-refractivity contribution in [2.75, 3.05) is 0 Å². The summed E-state index contributed by atoms with van der Waals surface area (Å²) >= 11 is 12.1. The lowest BCUT2D eigenvalue weighted by atomic mass is 10.1. The largest absolute Gasteiger partial charge is 0.332 e. The molecule has 0 N–H and O–H groups in total. The quantitative estimate of drug-likeness (QED) is 0.342. The fourth-order valence-electron chi connectivity index (χ4n) is 4.52. The molecule has 0 spiro atoms. The van der Waals surface area contributed by atoms with Crippen molar-refractivity contribution in [3.05, 3.63) is 68.7 Å². The van der Waals surface area contributed by atoms with Crippen molar-refractivity contribution in [1.82, 2.24) is 33.4 Å². The number of aromatic nitrogens is 7. The summed E-state index contributed by atoms with van der Waals surface area (Å²) in [5.74, 6) is 0.508. The molecule has 0 aliphatic heterocycles. The van der Waals surface area contributed by atoms with Gasteiger partial charge in [-0.1, -0.05) is 23.8 Å². The molecule has 0 amide bonds. The van der Waals surface area contributed by atoms with Crippen LogP contribution in [0.5, 0.6) is 0 Å². The molecule has 1 aromatic carbocycles. The van der Waals surface area contributed by atoms with Gasteiger partial charge < -0.3 is 4.57 Å². The summed E-state index contributed by atoms with van der Waals surface area (Å²) < 4.78 is 7.67. The van der Waals surface area contributed by atoms with E-state index in [0.717, 1.165) is 46.1 Å². The number of fused-ring (bicyclic) bond motifs is 2. The summed E-state index contributed by atoms with van der Waals surface area (Å²) in [7, 11) is 3.67. The number of pyridine rings is 1. The van der Waals surface area contributed by atoms with E-state index < -0.39 is 0 Å². The third-order valence-corrected chi connectivity index (χ3v) is 7.25. The maximum Gasteiger partial charge on any atom is 0.330 e. The highest BCUT2D eigenvalue weighted by Gasteiger charge is 2.27. The molecule has 0 unspecified atom stereocenters. The van der Waals surface area contributed by atoms with Crippen LogP contribution < -0.4 is 5.69 Å². The molecule has 1 aliphatic carbocycles. The lowest BCUT2D eigenvalue weighted by Gasteiger charge is -2.11. The molecular formula is C24H22ClN7OS. The van der Waals surface area contributed by atoms with E-state index in [2.05, 4.69) is 9.97 Å². The average Bonchev–Trinajstić information content (AvgIpc) is 3.44. The molecule has 8 nitrogen and oxygen atoms in total. The van der Waals surface area contributed by atoms with E-state index in [-0.39, 0.29) is 5.69 Å². The number of aryl methyl sites for hydroxylation is 1. The van der Waals surface area contributed by atoms with Gasteiger partial charge in [0.05, 0.1) is 41.4 Å². The first-order chi connectivity index (χ1) is 16.4. The second-order valence-corrected chi connectivity index (χ2v) is 9.75. The Bertz CT molecular complexity index is 1710. The van der Waals surface area contributed by atoms with Crippen LogP contribution in [-0.4, -0.2) is 33.4 Å². The average molecular weight is 492 g/mol. The van der Waals surface area contributed by atoms with E-state index in [4.69, 9.17) is 28.9 Å². The maximum absolute atomic E-state index is 13.2. The first-order valence-corrected chi connectivity index (χ1v) is 11.9. The zero-order valence-electron chi connectivity index (χ0n) is 18.8. The maximum atomic E-state index is 13.2. The molecule has 0 saturated heterocycles. The van der Waals surface area contributed by atoms with Gasteiger partial charge in [0.1, 0.15) is 4.64 Å². The van der Waals surface area contributed by atoms with Gasteiger partial charge in [-0.15, -0.1) is 0 Å². The van der Waals surface area contributed by atoms with Gasteiger partial charge in [-0.25, -0.2) is 9.78 Å². The minimum absolute atomic E-state index is 0.133. The van der Waals surface area contributed by atoms with Gasteiger partial charge in [0.2, 0.25) is 0 Å². The van der Waals surface area contributed by atoms with Crippen molar-refractivity contribution < 1.29 is 0 Å². The molecule has 4 heterocycles. The fourth-order valence-corrected chi connectivity index (χ4v) is 4.96. The lowest BCUT2D eigenvalue weighted by molar-refractivity contribution is 0.575. The van der Waals surface area contributed by atoms with Crippen LogP contribution in [-0.2, 0) is 27.2 Å². The minimum Gasteiger partial charge on any atom is -0.332 e. The summed E-state index contributed by atoms with van der Waals surface area (Å²) in [6.45, 7) is 1.11. The van der Waals surface area contributed by atoms with Crippen LogP contribution in [0.4, 0.5) is 0 Å². The molecule has 10 heteroatoms. The van der Waals surface area contributed by atoms with Crippen LogP contribution in [0.3, 0.4) is 0 Å². The molecule has 5 aromatic rings. The topological polar surface area (TPSA) is 75.5 Å². The van der Waals surface area contributed by atoms with E-state index in [9.17, 15) is 4.79 Å². The molecule has 0 radical (unpaired) electrons. The highest BCUT2D eigenvalue weighted by molar-refractivity contribution is 7.71. The molecular weight excluding hydrogens is 470 g/mol.